The molecular formula is C20H20N2O2S. The van der Waals surface area contributed by atoms with E-state index in [4.69, 9.17) is 14.5 Å². The van der Waals surface area contributed by atoms with Crippen LogP contribution in [0.4, 0.5) is 0 Å². The average molecular weight is 352 g/mol. The van der Waals surface area contributed by atoms with Gasteiger partial charge in [-0.05, 0) is 48.5 Å². The predicted molar refractivity (Wildman–Crippen MR) is 103 cm³/mol. The number of rotatable bonds is 7. The Hall–Kier alpha value is -2.66. The second-order valence-electron chi connectivity index (χ2n) is 5.32. The highest BCUT2D eigenvalue weighted by Gasteiger charge is 2.14. The number of benzene rings is 2. The Morgan fingerprint density at radius 2 is 1.52 bits per heavy atom. The molecule has 1 aromatic heterocycles. The van der Waals surface area contributed by atoms with Crippen LogP contribution in [0, 0.1) is 0 Å². The Balaban J connectivity index is 2.04. The van der Waals surface area contributed by atoms with Gasteiger partial charge in [0, 0.05) is 16.9 Å². The van der Waals surface area contributed by atoms with Gasteiger partial charge in [-0.25, -0.2) is 4.98 Å². The standard InChI is InChI=1S/C20H20N2O2S/c1-4-13-25-20-21-18(14-5-9-16(23-2)10-6-14)19(22-20)15-7-11-17(24-3)12-8-15/h4-12H,1,13H2,2-3H3,(H,21,22). The number of hydrogen-bond acceptors (Lipinski definition) is 4. The van der Waals surface area contributed by atoms with Crippen molar-refractivity contribution < 1.29 is 9.47 Å². The molecule has 0 aliphatic heterocycles. The molecule has 0 unspecified atom stereocenters. The molecule has 0 aliphatic rings. The van der Waals surface area contributed by atoms with Gasteiger partial charge in [0.25, 0.3) is 0 Å². The van der Waals surface area contributed by atoms with E-state index in [9.17, 15) is 0 Å². The van der Waals surface area contributed by atoms with Crippen molar-refractivity contribution in [3.8, 4) is 34.0 Å². The Bertz CT molecular complexity index is 774. The molecule has 1 N–H and O–H groups in total. The first-order valence-corrected chi connectivity index (χ1v) is 8.86. The fourth-order valence-electron chi connectivity index (χ4n) is 2.48. The van der Waals surface area contributed by atoms with Crippen molar-refractivity contribution in [2.45, 2.75) is 5.16 Å². The van der Waals surface area contributed by atoms with Crippen LogP contribution in [-0.4, -0.2) is 29.9 Å². The second kappa shape index (κ2) is 7.94. The largest absolute Gasteiger partial charge is 0.497 e. The summed E-state index contributed by atoms with van der Waals surface area (Å²) in [6.45, 7) is 3.77. The minimum atomic E-state index is 0.803. The van der Waals surface area contributed by atoms with Crippen LogP contribution in [0.3, 0.4) is 0 Å². The van der Waals surface area contributed by atoms with Crippen molar-refractivity contribution in [2.24, 2.45) is 0 Å². The third-order valence-electron chi connectivity index (χ3n) is 3.76. The molecule has 0 saturated carbocycles. The van der Waals surface area contributed by atoms with Crippen molar-refractivity contribution in [1.29, 1.82) is 0 Å². The number of methoxy groups -OCH3 is 2. The van der Waals surface area contributed by atoms with Crippen LogP contribution >= 0.6 is 11.8 Å². The molecule has 0 spiro atoms. The summed E-state index contributed by atoms with van der Waals surface area (Å²) in [4.78, 5) is 8.21. The number of hydrogen-bond donors (Lipinski definition) is 1. The molecule has 1 heterocycles. The van der Waals surface area contributed by atoms with Crippen LogP contribution in [0.2, 0.25) is 0 Å². The van der Waals surface area contributed by atoms with Gasteiger partial charge in [0.15, 0.2) is 5.16 Å². The van der Waals surface area contributed by atoms with Crippen LogP contribution in [0.1, 0.15) is 0 Å². The maximum atomic E-state index is 5.25. The summed E-state index contributed by atoms with van der Waals surface area (Å²) in [5.74, 6) is 2.46. The molecule has 0 aliphatic carbocycles. The smallest absolute Gasteiger partial charge is 0.166 e. The van der Waals surface area contributed by atoms with E-state index in [0.29, 0.717) is 0 Å². The lowest BCUT2D eigenvalue weighted by Gasteiger charge is -2.06. The molecule has 128 valence electrons. The third kappa shape index (κ3) is 3.88. The molecule has 0 radical (unpaired) electrons. The molecule has 3 aromatic rings. The van der Waals surface area contributed by atoms with Crippen LogP contribution in [-0.2, 0) is 0 Å². The highest BCUT2D eigenvalue weighted by Crippen LogP contribution is 2.34. The summed E-state index contributed by atoms with van der Waals surface area (Å²) in [6.07, 6.45) is 1.87. The number of aromatic nitrogens is 2. The van der Waals surface area contributed by atoms with Crippen molar-refractivity contribution in [3.05, 3.63) is 61.2 Å². The Morgan fingerprint density at radius 1 is 0.960 bits per heavy atom. The highest BCUT2D eigenvalue weighted by molar-refractivity contribution is 7.99. The number of ether oxygens (including phenoxy) is 2. The maximum absolute atomic E-state index is 5.25. The van der Waals surface area contributed by atoms with Gasteiger partial charge in [-0.1, -0.05) is 17.8 Å². The second-order valence-corrected chi connectivity index (χ2v) is 6.33. The molecule has 0 amide bonds. The summed E-state index contributed by atoms with van der Waals surface area (Å²) in [7, 11) is 3.33. The highest BCUT2D eigenvalue weighted by atomic mass is 32.2. The lowest BCUT2D eigenvalue weighted by molar-refractivity contribution is 0.414. The van der Waals surface area contributed by atoms with E-state index in [2.05, 4.69) is 11.6 Å². The van der Waals surface area contributed by atoms with E-state index in [1.807, 2.05) is 54.6 Å². The van der Waals surface area contributed by atoms with Crippen molar-refractivity contribution in [2.75, 3.05) is 20.0 Å². The van der Waals surface area contributed by atoms with Gasteiger partial charge in [0.2, 0.25) is 0 Å². The van der Waals surface area contributed by atoms with Gasteiger partial charge in [-0.15, -0.1) is 6.58 Å². The zero-order valence-corrected chi connectivity index (χ0v) is 15.1. The zero-order chi connectivity index (χ0) is 17.6. The predicted octanol–water partition coefficient (Wildman–Crippen LogP) is 5.04. The van der Waals surface area contributed by atoms with E-state index >= 15 is 0 Å². The minimum absolute atomic E-state index is 0.803. The Morgan fingerprint density at radius 3 is 2.04 bits per heavy atom. The molecule has 0 bridgehead atoms. The normalized spacial score (nSPS) is 10.5. The lowest BCUT2D eigenvalue weighted by atomic mass is 10.0. The van der Waals surface area contributed by atoms with Crippen LogP contribution in [0.25, 0.3) is 22.5 Å². The van der Waals surface area contributed by atoms with Crippen LogP contribution in [0.5, 0.6) is 11.5 Å². The quantitative estimate of drug-likeness (QED) is 0.478. The van der Waals surface area contributed by atoms with Crippen molar-refractivity contribution in [1.82, 2.24) is 9.97 Å². The molecule has 4 nitrogen and oxygen atoms in total. The maximum Gasteiger partial charge on any atom is 0.166 e. The summed E-state index contributed by atoms with van der Waals surface area (Å²) in [5, 5.41) is 0.872. The topological polar surface area (TPSA) is 47.1 Å². The number of thioether (sulfide) groups is 1. The van der Waals surface area contributed by atoms with Gasteiger partial charge in [-0.3, -0.25) is 0 Å². The molecule has 5 heteroatoms. The molecule has 3 rings (SSSR count). The first kappa shape index (κ1) is 17.2. The zero-order valence-electron chi connectivity index (χ0n) is 14.3. The Kier molecular flexibility index (Phi) is 5.46. The third-order valence-corrected chi connectivity index (χ3v) is 4.63. The Labute approximate surface area is 151 Å². The van der Waals surface area contributed by atoms with Gasteiger partial charge >= 0.3 is 0 Å². The van der Waals surface area contributed by atoms with E-state index in [-0.39, 0.29) is 0 Å². The van der Waals surface area contributed by atoms with Gasteiger partial charge in [0.1, 0.15) is 11.5 Å². The summed E-state index contributed by atoms with van der Waals surface area (Å²) in [6, 6.07) is 15.9. The molecule has 2 aromatic carbocycles. The van der Waals surface area contributed by atoms with E-state index in [1.165, 1.54) is 0 Å². The number of nitrogens with one attached hydrogen (secondary N) is 1. The van der Waals surface area contributed by atoms with E-state index < -0.39 is 0 Å². The molecular weight excluding hydrogens is 332 g/mol. The molecule has 0 atom stereocenters. The average Bonchev–Trinajstić information content (AvgIpc) is 3.10. The number of aromatic amines is 1. The molecule has 25 heavy (non-hydrogen) atoms. The van der Waals surface area contributed by atoms with Crippen LogP contribution in [0.15, 0.2) is 66.3 Å². The fourth-order valence-corrected chi connectivity index (χ4v) is 3.09. The SMILES string of the molecule is C=CCSc1nc(-c2ccc(OC)cc2)c(-c2ccc(OC)cc2)[nH]1. The fraction of sp³-hybridized carbons (Fsp3) is 0.150. The first-order valence-electron chi connectivity index (χ1n) is 7.87. The minimum Gasteiger partial charge on any atom is -0.497 e. The molecule has 0 saturated heterocycles. The lowest BCUT2D eigenvalue weighted by Crippen LogP contribution is -1.87. The van der Waals surface area contributed by atoms with Crippen molar-refractivity contribution >= 4 is 11.8 Å². The van der Waals surface area contributed by atoms with E-state index in [0.717, 1.165) is 44.9 Å². The van der Waals surface area contributed by atoms with Gasteiger partial charge in [0.05, 0.1) is 25.6 Å². The monoisotopic (exact) mass is 352 g/mol. The summed E-state index contributed by atoms with van der Waals surface area (Å²) < 4.78 is 10.5. The van der Waals surface area contributed by atoms with Gasteiger partial charge < -0.3 is 14.5 Å². The van der Waals surface area contributed by atoms with Gasteiger partial charge in [-0.2, -0.15) is 0 Å². The number of H-pyrrole nitrogens is 1. The molecule has 0 fully saturated rings. The van der Waals surface area contributed by atoms with Crippen LogP contribution < -0.4 is 9.47 Å². The number of imidazole rings is 1. The number of nitrogens with zero attached hydrogens (tertiary/aromatic N) is 1. The summed E-state index contributed by atoms with van der Waals surface area (Å²) in [5.41, 5.74) is 4.00. The summed E-state index contributed by atoms with van der Waals surface area (Å²) >= 11 is 1.63. The van der Waals surface area contributed by atoms with Crippen molar-refractivity contribution in [3.63, 3.8) is 0 Å². The van der Waals surface area contributed by atoms with E-state index in [1.54, 1.807) is 26.0 Å². The first-order chi connectivity index (χ1) is 12.2.